The van der Waals surface area contributed by atoms with Crippen molar-refractivity contribution in [1.82, 2.24) is 0 Å². The summed E-state index contributed by atoms with van der Waals surface area (Å²) in [6.07, 6.45) is 0. The summed E-state index contributed by atoms with van der Waals surface area (Å²) >= 11 is 0. The second kappa shape index (κ2) is 15.0. The Morgan fingerprint density at radius 2 is 0.600 bits per heavy atom. The molecule has 0 spiro atoms. The number of benzene rings is 6. The molecule has 0 N–H and O–H groups in total. The van der Waals surface area contributed by atoms with Crippen molar-refractivity contribution in [3.8, 4) is 11.5 Å². The minimum atomic E-state index is 0.102. The van der Waals surface area contributed by atoms with Gasteiger partial charge in [0.25, 0.3) is 0 Å². The third-order valence-corrected chi connectivity index (χ3v) is 8.82. The van der Waals surface area contributed by atoms with E-state index in [4.69, 9.17) is 9.47 Å². The lowest BCUT2D eigenvalue weighted by molar-refractivity contribution is 0.217. The molecule has 254 valence electrons. The Morgan fingerprint density at radius 3 is 0.880 bits per heavy atom. The molecule has 0 aliphatic carbocycles. The van der Waals surface area contributed by atoms with Gasteiger partial charge in [0.15, 0.2) is 0 Å². The minimum absolute atomic E-state index is 0.102. The van der Waals surface area contributed by atoms with Crippen molar-refractivity contribution >= 4 is 34.1 Å². The van der Waals surface area contributed by atoms with Crippen LogP contribution in [0.4, 0.5) is 34.1 Å². The van der Waals surface area contributed by atoms with Gasteiger partial charge in [-0.2, -0.15) is 0 Å². The van der Waals surface area contributed by atoms with E-state index in [1.54, 1.807) is 0 Å². The summed E-state index contributed by atoms with van der Waals surface area (Å²) in [5.41, 5.74) is 9.40. The molecule has 6 aromatic carbocycles. The van der Waals surface area contributed by atoms with E-state index < -0.39 is 0 Å². The average molecular weight is 661 g/mol. The van der Waals surface area contributed by atoms with Crippen molar-refractivity contribution in [3.05, 3.63) is 169 Å². The number of hydrogen-bond acceptors (Lipinski definition) is 4. The predicted octanol–water partition coefficient (Wildman–Crippen LogP) is 12.7. The third kappa shape index (κ3) is 8.38. The van der Waals surface area contributed by atoms with Gasteiger partial charge in [-0.05, 0) is 119 Å². The van der Waals surface area contributed by atoms with E-state index in [2.05, 4.69) is 173 Å². The van der Waals surface area contributed by atoms with E-state index in [0.717, 1.165) is 45.6 Å². The Hall–Kier alpha value is -5.48. The van der Waals surface area contributed by atoms with E-state index in [-0.39, 0.29) is 10.8 Å². The Labute approximate surface area is 298 Å². The molecular weight excluding hydrogens is 613 g/mol. The summed E-state index contributed by atoms with van der Waals surface area (Å²) in [6.45, 7) is 14.3. The SMILES string of the molecule is CC(C)(C)c1ccc(N(c2ccccc2)c2ccc(OCCOc3ccc(N(c4ccccc4)c4ccc(C(C)(C)C)cc4)cc3)cc2)cc1. The highest BCUT2D eigenvalue weighted by Crippen LogP contribution is 2.38. The topological polar surface area (TPSA) is 24.9 Å². The first-order valence-corrected chi connectivity index (χ1v) is 17.4. The van der Waals surface area contributed by atoms with Crippen LogP contribution in [-0.2, 0) is 10.8 Å². The second-order valence-corrected chi connectivity index (χ2v) is 14.6. The number of nitrogens with zero attached hydrogens (tertiary/aromatic N) is 2. The molecule has 0 unspecified atom stereocenters. The van der Waals surface area contributed by atoms with Gasteiger partial charge < -0.3 is 19.3 Å². The lowest BCUT2D eigenvalue weighted by atomic mass is 9.87. The van der Waals surface area contributed by atoms with E-state index in [1.165, 1.54) is 11.1 Å². The van der Waals surface area contributed by atoms with E-state index in [9.17, 15) is 0 Å². The van der Waals surface area contributed by atoms with Crippen molar-refractivity contribution in [3.63, 3.8) is 0 Å². The molecule has 4 nitrogen and oxygen atoms in total. The molecule has 0 bridgehead atoms. The van der Waals surface area contributed by atoms with Crippen LogP contribution in [0.3, 0.4) is 0 Å². The smallest absolute Gasteiger partial charge is 0.122 e. The van der Waals surface area contributed by atoms with Gasteiger partial charge in [0.05, 0.1) is 0 Å². The highest BCUT2D eigenvalue weighted by atomic mass is 16.5. The lowest BCUT2D eigenvalue weighted by Gasteiger charge is -2.27. The van der Waals surface area contributed by atoms with E-state index >= 15 is 0 Å². The van der Waals surface area contributed by atoms with Crippen molar-refractivity contribution in [2.24, 2.45) is 0 Å². The zero-order valence-corrected chi connectivity index (χ0v) is 30.1. The van der Waals surface area contributed by atoms with Crippen LogP contribution in [-0.4, -0.2) is 13.2 Å². The van der Waals surface area contributed by atoms with Crippen LogP contribution in [0, 0.1) is 0 Å². The monoisotopic (exact) mass is 660 g/mol. The lowest BCUT2D eigenvalue weighted by Crippen LogP contribution is -2.13. The third-order valence-electron chi connectivity index (χ3n) is 8.82. The molecule has 0 saturated heterocycles. The van der Waals surface area contributed by atoms with Crippen LogP contribution in [0.2, 0.25) is 0 Å². The van der Waals surface area contributed by atoms with Crippen LogP contribution in [0.25, 0.3) is 0 Å². The highest BCUT2D eigenvalue weighted by Gasteiger charge is 2.18. The van der Waals surface area contributed by atoms with Gasteiger partial charge in [0.1, 0.15) is 24.7 Å². The van der Waals surface area contributed by atoms with Gasteiger partial charge >= 0.3 is 0 Å². The molecule has 0 aliphatic rings. The summed E-state index contributed by atoms with van der Waals surface area (Å²) in [5, 5.41) is 0. The fourth-order valence-corrected chi connectivity index (χ4v) is 5.97. The maximum absolute atomic E-state index is 6.09. The molecule has 0 heterocycles. The number of para-hydroxylation sites is 2. The second-order valence-electron chi connectivity index (χ2n) is 14.6. The van der Waals surface area contributed by atoms with Gasteiger partial charge in [-0.25, -0.2) is 0 Å². The van der Waals surface area contributed by atoms with Crippen LogP contribution < -0.4 is 19.3 Å². The van der Waals surface area contributed by atoms with E-state index in [1.807, 2.05) is 36.4 Å². The molecule has 0 aromatic heterocycles. The maximum atomic E-state index is 6.09. The molecular formula is C46H48N2O2. The molecule has 0 aliphatic heterocycles. The summed E-state index contributed by atoms with van der Waals surface area (Å²) in [5.74, 6) is 1.61. The molecule has 6 rings (SSSR count). The first kappa shape index (κ1) is 34.4. The Kier molecular flexibility index (Phi) is 10.3. The molecule has 50 heavy (non-hydrogen) atoms. The summed E-state index contributed by atoms with van der Waals surface area (Å²) in [4.78, 5) is 4.53. The molecule has 4 heteroatoms. The Bertz CT molecular complexity index is 1780. The number of hydrogen-bond donors (Lipinski definition) is 0. The highest BCUT2D eigenvalue weighted by molar-refractivity contribution is 5.78. The predicted molar refractivity (Wildman–Crippen MR) is 211 cm³/mol. The van der Waals surface area contributed by atoms with Crippen molar-refractivity contribution in [1.29, 1.82) is 0 Å². The zero-order valence-electron chi connectivity index (χ0n) is 30.1. The van der Waals surface area contributed by atoms with Gasteiger partial charge in [-0.1, -0.05) is 102 Å². The minimum Gasteiger partial charge on any atom is -0.490 e. The normalized spacial score (nSPS) is 11.6. The summed E-state index contributed by atoms with van der Waals surface area (Å²) in [7, 11) is 0. The summed E-state index contributed by atoms with van der Waals surface area (Å²) < 4.78 is 12.2. The van der Waals surface area contributed by atoms with Crippen molar-refractivity contribution in [2.45, 2.75) is 52.4 Å². The van der Waals surface area contributed by atoms with Gasteiger partial charge in [0.2, 0.25) is 0 Å². The molecule has 6 aromatic rings. The number of anilines is 6. The maximum Gasteiger partial charge on any atom is 0.122 e. The Morgan fingerprint density at radius 1 is 0.340 bits per heavy atom. The van der Waals surface area contributed by atoms with Gasteiger partial charge in [0, 0.05) is 34.1 Å². The standard InChI is InChI=1S/C46H48N2O2/c1-45(2,3)35-17-21-39(22-18-35)47(37-13-9-7-10-14-37)41-25-29-43(30-26-41)49-33-34-50-44-31-27-42(28-32-44)48(38-15-11-8-12-16-38)40-23-19-36(20-24-40)46(4,5)6/h7-32H,33-34H2,1-6H3. The molecule has 0 fully saturated rings. The fraction of sp³-hybridized carbons (Fsp3) is 0.217. The van der Waals surface area contributed by atoms with Gasteiger partial charge in [-0.15, -0.1) is 0 Å². The summed E-state index contributed by atoms with van der Waals surface area (Å²) in [6, 6.07) is 55.1. The molecule has 0 saturated carbocycles. The first-order valence-electron chi connectivity index (χ1n) is 17.4. The van der Waals surface area contributed by atoms with Crippen LogP contribution in [0.15, 0.2) is 158 Å². The van der Waals surface area contributed by atoms with Gasteiger partial charge in [-0.3, -0.25) is 0 Å². The molecule has 0 atom stereocenters. The first-order chi connectivity index (χ1) is 24.1. The van der Waals surface area contributed by atoms with E-state index in [0.29, 0.717) is 13.2 Å². The van der Waals surface area contributed by atoms with Crippen LogP contribution in [0.5, 0.6) is 11.5 Å². The largest absolute Gasteiger partial charge is 0.490 e. The van der Waals surface area contributed by atoms with Crippen LogP contribution in [0.1, 0.15) is 52.7 Å². The van der Waals surface area contributed by atoms with Crippen LogP contribution >= 0.6 is 0 Å². The zero-order chi connectivity index (χ0) is 35.1. The quantitative estimate of drug-likeness (QED) is 0.129. The number of rotatable bonds is 11. The Balaban J connectivity index is 1.09. The number of ether oxygens (including phenoxy) is 2. The van der Waals surface area contributed by atoms with Crippen molar-refractivity contribution < 1.29 is 9.47 Å². The molecule has 0 amide bonds. The molecule has 0 radical (unpaired) electrons. The van der Waals surface area contributed by atoms with Crippen molar-refractivity contribution in [2.75, 3.05) is 23.0 Å². The average Bonchev–Trinajstić information content (AvgIpc) is 3.12. The fourth-order valence-electron chi connectivity index (χ4n) is 5.97.